The van der Waals surface area contributed by atoms with E-state index in [1.54, 1.807) is 36.0 Å². The normalized spacial score (nSPS) is 15.5. The fourth-order valence-electron chi connectivity index (χ4n) is 3.31. The standard InChI is InChI=1S/C27H29NO3S/c1-2-3-4-11-16-25(28-31-27(30)22-12-7-5-8-13-22)26(29)21-17-19-24(20-18-21)32-23-14-9-6-10-15-23/h5-10,12-14,17-20,23H,2-4,11,15-16H2,1H3/b28-25+. The number of thioether (sulfide) groups is 1. The Labute approximate surface area is 194 Å². The first kappa shape index (κ1) is 23.7. The van der Waals surface area contributed by atoms with E-state index >= 15 is 0 Å². The molecule has 0 N–H and O–H groups in total. The number of benzene rings is 2. The summed E-state index contributed by atoms with van der Waals surface area (Å²) >= 11 is 1.78. The Bertz CT molecular complexity index is 978. The van der Waals surface area contributed by atoms with Gasteiger partial charge in [-0.15, -0.1) is 11.8 Å². The van der Waals surface area contributed by atoms with Crippen molar-refractivity contribution in [3.8, 4) is 0 Å². The molecular formula is C27H29NO3S. The number of Topliss-reactive ketones (excluding diaryl/α,β-unsaturated/α-hetero) is 1. The predicted molar refractivity (Wildman–Crippen MR) is 131 cm³/mol. The van der Waals surface area contributed by atoms with Crippen LogP contribution in [-0.2, 0) is 4.84 Å². The topological polar surface area (TPSA) is 55.7 Å². The third kappa shape index (κ3) is 7.34. The molecule has 166 valence electrons. The van der Waals surface area contributed by atoms with Gasteiger partial charge in [0, 0.05) is 15.7 Å². The van der Waals surface area contributed by atoms with Crippen molar-refractivity contribution in [1.29, 1.82) is 0 Å². The average molecular weight is 448 g/mol. The summed E-state index contributed by atoms with van der Waals surface area (Å²) in [6.07, 6.45) is 14.0. The Morgan fingerprint density at radius 1 is 0.969 bits per heavy atom. The van der Waals surface area contributed by atoms with Gasteiger partial charge in [0.05, 0.1) is 5.56 Å². The van der Waals surface area contributed by atoms with Crippen LogP contribution in [0, 0.1) is 0 Å². The number of oxime groups is 1. The maximum Gasteiger partial charge on any atom is 0.365 e. The van der Waals surface area contributed by atoms with Crippen molar-refractivity contribution in [1.82, 2.24) is 0 Å². The van der Waals surface area contributed by atoms with Crippen molar-refractivity contribution in [2.45, 2.75) is 55.6 Å². The second-order valence-electron chi connectivity index (χ2n) is 7.65. The lowest BCUT2D eigenvalue weighted by atomic mass is 10.0. The third-order valence-electron chi connectivity index (χ3n) is 5.12. The van der Waals surface area contributed by atoms with Crippen molar-refractivity contribution in [3.05, 3.63) is 90.0 Å². The van der Waals surface area contributed by atoms with Gasteiger partial charge >= 0.3 is 5.97 Å². The first-order valence-corrected chi connectivity index (χ1v) is 12.0. The highest BCUT2D eigenvalue weighted by Gasteiger charge is 2.17. The van der Waals surface area contributed by atoms with Gasteiger partial charge in [-0.25, -0.2) is 4.79 Å². The maximum absolute atomic E-state index is 13.1. The van der Waals surface area contributed by atoms with Crippen molar-refractivity contribution < 1.29 is 14.4 Å². The fourth-order valence-corrected chi connectivity index (χ4v) is 4.33. The molecule has 5 heteroatoms. The first-order valence-electron chi connectivity index (χ1n) is 11.2. The van der Waals surface area contributed by atoms with E-state index in [1.165, 1.54) is 0 Å². The van der Waals surface area contributed by atoms with Gasteiger partial charge in [0.25, 0.3) is 0 Å². The van der Waals surface area contributed by atoms with E-state index in [-0.39, 0.29) is 11.5 Å². The Balaban J connectivity index is 1.68. The molecule has 2 aromatic rings. The van der Waals surface area contributed by atoms with E-state index in [9.17, 15) is 9.59 Å². The van der Waals surface area contributed by atoms with Crippen LogP contribution < -0.4 is 0 Å². The van der Waals surface area contributed by atoms with Crippen LogP contribution in [0.25, 0.3) is 0 Å². The minimum Gasteiger partial charge on any atom is -0.312 e. The van der Waals surface area contributed by atoms with E-state index in [0.717, 1.165) is 37.0 Å². The van der Waals surface area contributed by atoms with E-state index in [0.29, 0.717) is 22.8 Å². The SMILES string of the molecule is CCCCCC/C(=N\OC(=O)c1ccccc1)C(=O)c1ccc(SC2C=CC=CC2)cc1. The molecule has 3 rings (SSSR count). The largest absolute Gasteiger partial charge is 0.365 e. The maximum atomic E-state index is 13.1. The second kappa shape index (κ2) is 12.8. The van der Waals surface area contributed by atoms with Crippen LogP contribution >= 0.6 is 11.8 Å². The molecule has 0 amide bonds. The number of carbonyl (C=O) groups excluding carboxylic acids is 2. The number of nitrogens with zero attached hydrogens (tertiary/aromatic N) is 1. The van der Waals surface area contributed by atoms with Crippen LogP contribution in [-0.4, -0.2) is 22.7 Å². The number of allylic oxidation sites excluding steroid dienone is 3. The molecule has 0 spiro atoms. The van der Waals surface area contributed by atoms with Gasteiger partial charge < -0.3 is 4.84 Å². The molecule has 32 heavy (non-hydrogen) atoms. The number of unbranched alkanes of at least 4 members (excludes halogenated alkanes) is 3. The molecule has 0 saturated carbocycles. The summed E-state index contributed by atoms with van der Waals surface area (Å²) in [5, 5.41) is 4.40. The zero-order chi connectivity index (χ0) is 22.6. The van der Waals surface area contributed by atoms with Crippen molar-refractivity contribution in [2.24, 2.45) is 5.16 Å². The zero-order valence-electron chi connectivity index (χ0n) is 18.4. The molecule has 0 heterocycles. The van der Waals surface area contributed by atoms with Crippen molar-refractivity contribution in [3.63, 3.8) is 0 Å². The van der Waals surface area contributed by atoms with Crippen molar-refractivity contribution >= 4 is 29.2 Å². The van der Waals surface area contributed by atoms with Crippen LogP contribution in [0.3, 0.4) is 0 Å². The van der Waals surface area contributed by atoms with Gasteiger partial charge in [0.1, 0.15) is 5.71 Å². The Hall–Kier alpha value is -2.92. The predicted octanol–water partition coefficient (Wildman–Crippen LogP) is 7.03. The molecule has 1 atom stereocenters. The van der Waals surface area contributed by atoms with Gasteiger partial charge in [-0.1, -0.05) is 73.8 Å². The Kier molecular flexibility index (Phi) is 9.51. The number of ketones is 1. The van der Waals surface area contributed by atoms with Crippen LogP contribution in [0.4, 0.5) is 0 Å². The molecule has 0 aromatic heterocycles. The molecule has 2 aromatic carbocycles. The Morgan fingerprint density at radius 3 is 2.44 bits per heavy atom. The third-order valence-corrected chi connectivity index (χ3v) is 6.32. The molecule has 0 bridgehead atoms. The summed E-state index contributed by atoms with van der Waals surface area (Å²) in [6.45, 7) is 2.14. The van der Waals surface area contributed by atoms with Crippen LogP contribution in [0.1, 0.15) is 66.2 Å². The van der Waals surface area contributed by atoms with Crippen LogP contribution in [0.2, 0.25) is 0 Å². The van der Waals surface area contributed by atoms with E-state index in [4.69, 9.17) is 4.84 Å². The highest BCUT2D eigenvalue weighted by Crippen LogP contribution is 2.28. The van der Waals surface area contributed by atoms with Gasteiger partial charge in [0.15, 0.2) is 0 Å². The lowest BCUT2D eigenvalue weighted by Gasteiger charge is -2.12. The monoisotopic (exact) mass is 447 g/mol. The molecule has 0 fully saturated rings. The lowest BCUT2D eigenvalue weighted by Crippen LogP contribution is -2.16. The molecule has 0 aliphatic heterocycles. The van der Waals surface area contributed by atoms with Crippen molar-refractivity contribution in [2.75, 3.05) is 0 Å². The molecule has 0 radical (unpaired) electrons. The summed E-state index contributed by atoms with van der Waals surface area (Å²) in [7, 11) is 0. The van der Waals surface area contributed by atoms with E-state index in [1.807, 2.05) is 30.3 Å². The van der Waals surface area contributed by atoms with E-state index in [2.05, 4.69) is 36.4 Å². The van der Waals surface area contributed by atoms with Crippen LogP contribution in [0.15, 0.2) is 89.0 Å². The minimum absolute atomic E-state index is 0.195. The first-order chi connectivity index (χ1) is 15.7. The van der Waals surface area contributed by atoms with Crippen LogP contribution in [0.5, 0.6) is 0 Å². The second-order valence-corrected chi connectivity index (χ2v) is 8.96. The Morgan fingerprint density at radius 2 is 1.75 bits per heavy atom. The quantitative estimate of drug-likeness (QED) is 0.122. The number of rotatable bonds is 11. The fraction of sp³-hybridized carbons (Fsp3) is 0.296. The summed E-state index contributed by atoms with van der Waals surface area (Å²) in [5.74, 6) is -0.759. The van der Waals surface area contributed by atoms with Gasteiger partial charge in [-0.3, -0.25) is 4.79 Å². The molecule has 1 aliphatic rings. The molecule has 1 aliphatic carbocycles. The molecule has 4 nitrogen and oxygen atoms in total. The van der Waals surface area contributed by atoms with Gasteiger partial charge in [-0.05, 0) is 55.7 Å². The summed E-state index contributed by atoms with van der Waals surface area (Å²) in [5.41, 5.74) is 1.24. The average Bonchev–Trinajstić information content (AvgIpc) is 2.84. The number of hydrogen-bond donors (Lipinski definition) is 0. The van der Waals surface area contributed by atoms with Gasteiger partial charge in [-0.2, -0.15) is 0 Å². The van der Waals surface area contributed by atoms with E-state index < -0.39 is 5.97 Å². The summed E-state index contributed by atoms with van der Waals surface area (Å²) in [4.78, 5) is 31.6. The molecular weight excluding hydrogens is 418 g/mol. The zero-order valence-corrected chi connectivity index (χ0v) is 19.2. The molecule has 0 saturated heterocycles. The molecule has 1 unspecified atom stereocenters. The highest BCUT2D eigenvalue weighted by atomic mass is 32.2. The summed E-state index contributed by atoms with van der Waals surface area (Å²) in [6, 6.07) is 16.3. The highest BCUT2D eigenvalue weighted by molar-refractivity contribution is 8.00. The van der Waals surface area contributed by atoms with Gasteiger partial charge in [0.2, 0.25) is 5.78 Å². The minimum atomic E-state index is -0.564. The smallest absolute Gasteiger partial charge is 0.312 e. The number of carbonyl (C=O) groups is 2. The lowest BCUT2D eigenvalue weighted by molar-refractivity contribution is 0.0514. The summed E-state index contributed by atoms with van der Waals surface area (Å²) < 4.78 is 0. The number of hydrogen-bond acceptors (Lipinski definition) is 5.